The molecule has 1 saturated heterocycles. The average molecular weight is 498 g/mol. The van der Waals surface area contributed by atoms with Gasteiger partial charge in [-0.25, -0.2) is 14.4 Å². The molecule has 0 unspecified atom stereocenters. The van der Waals surface area contributed by atoms with Crippen molar-refractivity contribution in [3.05, 3.63) is 83.6 Å². The molecule has 6 N–H and O–H groups in total. The summed E-state index contributed by atoms with van der Waals surface area (Å²) in [5, 5.41) is 19.7. The number of ether oxygens (including phenoxy) is 1. The second-order valence-corrected chi connectivity index (χ2v) is 8.32. The highest BCUT2D eigenvalue weighted by Gasteiger charge is 2.22. The van der Waals surface area contributed by atoms with E-state index < -0.39 is 11.9 Å². The molecule has 10 heteroatoms. The van der Waals surface area contributed by atoms with Crippen molar-refractivity contribution >= 4 is 28.9 Å². The second-order valence-electron chi connectivity index (χ2n) is 8.32. The summed E-state index contributed by atoms with van der Waals surface area (Å²) in [6.07, 6.45) is 4.71. The minimum absolute atomic E-state index is 0. The Bertz CT molecular complexity index is 1170. The maximum absolute atomic E-state index is 11.2. The van der Waals surface area contributed by atoms with Crippen molar-refractivity contribution in [2.45, 2.75) is 25.4 Å². The molecule has 36 heavy (non-hydrogen) atoms. The topological polar surface area (TPSA) is 163 Å². The lowest BCUT2D eigenvalue weighted by molar-refractivity contribution is -0.134. The van der Waals surface area contributed by atoms with Gasteiger partial charge in [0.1, 0.15) is 6.61 Å². The Morgan fingerprint density at radius 1 is 1.08 bits per heavy atom. The molecule has 1 amide bonds. The number of benzene rings is 2. The molecule has 0 saturated carbocycles. The third kappa shape index (κ3) is 8.90. The van der Waals surface area contributed by atoms with Gasteiger partial charge in [-0.3, -0.25) is 0 Å². The number of nitrogens with zero attached hydrogens (tertiary/aromatic N) is 1. The first-order valence-electron chi connectivity index (χ1n) is 11.2. The van der Waals surface area contributed by atoms with Crippen LogP contribution in [0.1, 0.15) is 16.7 Å². The number of alkyl carbamates (subject to hydrolysis) is 1. The van der Waals surface area contributed by atoms with Crippen LogP contribution in [0.5, 0.6) is 0 Å². The zero-order chi connectivity index (χ0) is 25.2. The molecular weight excluding hydrogens is 466 g/mol. The molecule has 1 fully saturated rings. The largest absolute Gasteiger partial charge is 0.478 e. The second kappa shape index (κ2) is 13.7. The number of likely N-dealkylation sites (N-methyl/N-ethyl adjacent to an activating group) is 1. The van der Waals surface area contributed by atoms with Gasteiger partial charge >= 0.3 is 18.0 Å². The van der Waals surface area contributed by atoms with Crippen LogP contribution in [0.2, 0.25) is 0 Å². The number of rotatable bonds is 9. The number of nitrogens with one attached hydrogen (secondary N) is 2. The fourth-order valence-electron chi connectivity index (χ4n) is 3.81. The highest BCUT2D eigenvalue weighted by atomic mass is 16.6. The zero-order valence-corrected chi connectivity index (χ0v) is 19.9. The third-order valence-electron chi connectivity index (χ3n) is 5.48. The molecule has 4 rings (SSSR count). The highest BCUT2D eigenvalue weighted by Crippen LogP contribution is 2.22. The number of hydrogen-bond acceptors (Lipinski definition) is 5. The molecule has 0 spiro atoms. The fraction of sp³-hybridized carbons (Fsp3) is 0.269. The third-order valence-corrected chi connectivity index (χ3v) is 5.48. The Morgan fingerprint density at radius 3 is 2.39 bits per heavy atom. The number of carbonyl (C=O) groups is 3. The number of aromatic amines is 1. The van der Waals surface area contributed by atoms with Crippen LogP contribution in [-0.2, 0) is 33.7 Å². The van der Waals surface area contributed by atoms with Crippen molar-refractivity contribution in [1.29, 1.82) is 0 Å². The van der Waals surface area contributed by atoms with Gasteiger partial charge in [0.2, 0.25) is 0 Å². The average Bonchev–Trinajstić information content (AvgIpc) is 3.42. The zero-order valence-electron chi connectivity index (χ0n) is 19.9. The summed E-state index contributed by atoms with van der Waals surface area (Å²) < 4.78 is 4.99. The predicted molar refractivity (Wildman–Crippen MR) is 135 cm³/mol. The Kier molecular flexibility index (Phi) is 10.7. The lowest BCUT2D eigenvalue weighted by atomic mass is 10.0. The van der Waals surface area contributed by atoms with Crippen LogP contribution in [-0.4, -0.2) is 69.8 Å². The molecule has 3 aromatic rings. The van der Waals surface area contributed by atoms with Gasteiger partial charge in [-0.1, -0.05) is 36.4 Å². The van der Waals surface area contributed by atoms with Gasteiger partial charge in [-0.15, -0.1) is 0 Å². The van der Waals surface area contributed by atoms with Crippen molar-refractivity contribution < 1.29 is 34.8 Å². The molecule has 1 aliphatic heterocycles. The maximum Gasteiger partial charge on any atom is 0.407 e. The number of fused-ring (bicyclic) bond motifs is 1. The van der Waals surface area contributed by atoms with Crippen molar-refractivity contribution in [3.8, 4) is 0 Å². The minimum atomic E-state index is -1.26. The first kappa shape index (κ1) is 28.1. The summed E-state index contributed by atoms with van der Waals surface area (Å²) in [6.45, 7) is 2.40. The van der Waals surface area contributed by atoms with Crippen LogP contribution in [0, 0.1) is 0 Å². The summed E-state index contributed by atoms with van der Waals surface area (Å²) in [7, 11) is 2.16. The Hall–Kier alpha value is -4.15. The summed E-state index contributed by atoms with van der Waals surface area (Å²) in [5.41, 5.74) is 5.04. The summed E-state index contributed by atoms with van der Waals surface area (Å²) >= 11 is 0. The van der Waals surface area contributed by atoms with Gasteiger partial charge in [0.05, 0.1) is 6.04 Å². The van der Waals surface area contributed by atoms with E-state index in [-0.39, 0.29) is 17.6 Å². The van der Waals surface area contributed by atoms with E-state index in [0.717, 1.165) is 31.4 Å². The highest BCUT2D eigenvalue weighted by molar-refractivity contribution is 5.89. The van der Waals surface area contributed by atoms with E-state index >= 15 is 0 Å². The normalized spacial score (nSPS) is 14.6. The van der Waals surface area contributed by atoms with Crippen molar-refractivity contribution in [3.63, 3.8) is 0 Å². The van der Waals surface area contributed by atoms with E-state index in [1.54, 1.807) is 0 Å². The van der Waals surface area contributed by atoms with Crippen LogP contribution in [0.15, 0.2) is 66.9 Å². The van der Waals surface area contributed by atoms with Crippen LogP contribution < -0.4 is 5.32 Å². The Morgan fingerprint density at radius 2 is 1.78 bits per heavy atom. The van der Waals surface area contributed by atoms with E-state index in [2.05, 4.69) is 77.0 Å². The molecule has 1 aliphatic rings. The lowest BCUT2D eigenvalue weighted by Crippen LogP contribution is -2.28. The quantitative estimate of drug-likeness (QED) is 0.330. The molecule has 0 bridgehead atoms. The van der Waals surface area contributed by atoms with Crippen LogP contribution in [0.25, 0.3) is 10.9 Å². The van der Waals surface area contributed by atoms with E-state index in [0.29, 0.717) is 18.8 Å². The predicted octanol–water partition coefficient (Wildman–Crippen LogP) is 2.38. The maximum atomic E-state index is 11.2. The number of carboxylic acids is 2. The van der Waals surface area contributed by atoms with E-state index in [1.165, 1.54) is 22.1 Å². The van der Waals surface area contributed by atoms with E-state index in [9.17, 15) is 14.4 Å². The minimum Gasteiger partial charge on any atom is -0.478 e. The molecule has 0 aliphatic carbocycles. The fourth-order valence-corrected chi connectivity index (χ4v) is 3.81. The molecule has 2 heterocycles. The number of carbonyl (C=O) groups excluding carboxylic acids is 1. The summed E-state index contributed by atoms with van der Waals surface area (Å²) in [5.74, 6) is -2.51. The number of cyclic esters (lactones) is 1. The smallest absolute Gasteiger partial charge is 0.407 e. The number of carboxylic acid groups (broad SMARTS) is 2. The monoisotopic (exact) mass is 497 g/mol. The Labute approximate surface area is 208 Å². The summed E-state index contributed by atoms with van der Waals surface area (Å²) in [6, 6.07) is 17.1. The van der Waals surface area contributed by atoms with Crippen LogP contribution in [0.3, 0.4) is 0 Å². The van der Waals surface area contributed by atoms with Crippen molar-refractivity contribution in [2.24, 2.45) is 0 Å². The SMILES string of the molecule is CN(CCc1c[nH]c2ccc(C[C@H]3COC(=O)N3)cc12)Cc1ccccc1.O.O=C(O)C=CC(=O)O. The van der Waals surface area contributed by atoms with Crippen LogP contribution >= 0.6 is 0 Å². The number of aromatic nitrogens is 1. The first-order chi connectivity index (χ1) is 16.8. The van der Waals surface area contributed by atoms with Gasteiger partial charge < -0.3 is 35.6 Å². The molecular formula is C26H31N3O7. The van der Waals surface area contributed by atoms with Gasteiger partial charge in [0.15, 0.2) is 0 Å². The molecule has 0 radical (unpaired) electrons. The van der Waals surface area contributed by atoms with E-state index in [1.807, 2.05) is 0 Å². The molecule has 1 aromatic heterocycles. The molecule has 2 aromatic carbocycles. The number of amides is 1. The number of H-pyrrole nitrogens is 1. The first-order valence-corrected chi connectivity index (χ1v) is 11.2. The molecule has 192 valence electrons. The molecule has 10 nitrogen and oxygen atoms in total. The molecule has 1 atom stereocenters. The van der Waals surface area contributed by atoms with Gasteiger partial charge in [-0.05, 0) is 48.7 Å². The van der Waals surface area contributed by atoms with Gasteiger partial charge in [0, 0.05) is 42.3 Å². The van der Waals surface area contributed by atoms with E-state index in [4.69, 9.17) is 14.9 Å². The van der Waals surface area contributed by atoms with Crippen molar-refractivity contribution in [1.82, 2.24) is 15.2 Å². The standard InChI is InChI=1S/C22H25N3O2.C4H4O4.H2O/c1-25(14-16-5-3-2-4-6-16)10-9-18-13-23-21-8-7-17(12-20(18)21)11-19-15-27-22(26)24-19;5-3(6)1-2-4(7)8;/h2-8,12-13,19,23H,9-11,14-15H2,1H3,(H,24,26);1-2H,(H,5,6)(H,7,8);1H2/t19-;;/m0../s1. The Balaban J connectivity index is 0.000000442. The van der Waals surface area contributed by atoms with Gasteiger partial charge in [0.25, 0.3) is 0 Å². The lowest BCUT2D eigenvalue weighted by Gasteiger charge is -2.16. The van der Waals surface area contributed by atoms with Gasteiger partial charge in [-0.2, -0.15) is 0 Å². The van der Waals surface area contributed by atoms with Crippen molar-refractivity contribution in [2.75, 3.05) is 20.2 Å². The number of aliphatic carboxylic acids is 2. The number of hydrogen-bond donors (Lipinski definition) is 4. The summed E-state index contributed by atoms with van der Waals surface area (Å²) in [4.78, 5) is 36.0. The van der Waals surface area contributed by atoms with Crippen LogP contribution in [0.4, 0.5) is 4.79 Å².